The third kappa shape index (κ3) is 9.61. The van der Waals surface area contributed by atoms with Crippen LogP contribution in [-0.4, -0.2) is 72.6 Å². The highest BCUT2D eigenvalue weighted by molar-refractivity contribution is 5.97. The maximum Gasteiger partial charge on any atom is 0.330 e. The van der Waals surface area contributed by atoms with E-state index in [1.165, 1.54) is 18.2 Å². The highest BCUT2D eigenvalue weighted by atomic mass is 16.5. The lowest BCUT2D eigenvalue weighted by Gasteiger charge is -2.31. The maximum atomic E-state index is 14.2. The van der Waals surface area contributed by atoms with Gasteiger partial charge in [-0.25, -0.2) is 4.79 Å². The minimum Gasteiger partial charge on any atom is -0.458 e. The number of carbonyl (C=O) groups excluding carboxylic acids is 5. The summed E-state index contributed by atoms with van der Waals surface area (Å²) in [6.45, 7) is 5.93. The fourth-order valence-electron chi connectivity index (χ4n) is 5.23. The second-order valence-corrected chi connectivity index (χ2v) is 11.6. The van der Waals surface area contributed by atoms with Crippen LogP contribution in [0.15, 0.2) is 65.2 Å². The largest absolute Gasteiger partial charge is 0.458 e. The summed E-state index contributed by atoms with van der Waals surface area (Å²) >= 11 is 0. The van der Waals surface area contributed by atoms with Gasteiger partial charge in [0.15, 0.2) is 5.69 Å². The summed E-state index contributed by atoms with van der Waals surface area (Å²) in [4.78, 5) is 65.7. The second-order valence-electron chi connectivity index (χ2n) is 11.6. The van der Waals surface area contributed by atoms with E-state index in [1.807, 2.05) is 6.07 Å². The van der Waals surface area contributed by atoms with Gasteiger partial charge in [0, 0.05) is 30.6 Å². The highest BCUT2D eigenvalue weighted by Gasteiger charge is 2.37. The lowest BCUT2D eigenvalue weighted by molar-refractivity contribution is -0.136. The van der Waals surface area contributed by atoms with E-state index in [2.05, 4.69) is 26.4 Å². The number of aryl methyl sites for hydroxylation is 1. The zero-order chi connectivity index (χ0) is 33.1. The van der Waals surface area contributed by atoms with Crippen molar-refractivity contribution in [2.24, 2.45) is 11.8 Å². The second kappa shape index (κ2) is 16.5. The molecule has 13 heteroatoms. The van der Waals surface area contributed by atoms with Gasteiger partial charge in [0.05, 0.1) is 6.61 Å². The van der Waals surface area contributed by atoms with Crippen molar-refractivity contribution in [2.45, 2.75) is 64.3 Å². The van der Waals surface area contributed by atoms with E-state index in [9.17, 15) is 24.0 Å². The number of amides is 4. The molecule has 4 rings (SSSR count). The summed E-state index contributed by atoms with van der Waals surface area (Å²) in [5, 5.41) is 15.0. The van der Waals surface area contributed by atoms with Crippen LogP contribution in [0, 0.1) is 18.8 Å². The van der Waals surface area contributed by atoms with Crippen molar-refractivity contribution in [3.05, 3.63) is 77.7 Å². The van der Waals surface area contributed by atoms with Crippen molar-refractivity contribution >= 4 is 29.6 Å². The Morgan fingerprint density at radius 1 is 1.09 bits per heavy atom. The summed E-state index contributed by atoms with van der Waals surface area (Å²) in [6, 6.07) is 7.42. The molecule has 4 N–H and O–H groups in total. The van der Waals surface area contributed by atoms with Crippen LogP contribution in [0.1, 0.15) is 61.0 Å². The number of carbonyl (C=O) groups is 5. The van der Waals surface area contributed by atoms with Crippen LogP contribution >= 0.6 is 0 Å². The fraction of sp³-hybridized carbons (Fsp3) is 0.455. The Morgan fingerprint density at radius 3 is 2.54 bits per heavy atom. The van der Waals surface area contributed by atoms with E-state index in [4.69, 9.17) is 14.0 Å². The first-order valence-corrected chi connectivity index (χ1v) is 15.4. The summed E-state index contributed by atoms with van der Waals surface area (Å²) in [7, 11) is 0. The molecule has 46 heavy (non-hydrogen) atoms. The number of nitrogens with zero attached hydrogens (tertiary/aromatic N) is 1. The molecular formula is C33H41N5O8. The molecule has 1 aromatic heterocycles. The molecule has 0 radical (unpaired) electrons. The zero-order valence-electron chi connectivity index (χ0n) is 26.2. The minimum atomic E-state index is -1.27. The molecule has 1 fully saturated rings. The van der Waals surface area contributed by atoms with Crippen LogP contribution in [0.5, 0.6) is 0 Å². The molecular weight excluding hydrogens is 594 g/mol. The van der Waals surface area contributed by atoms with Crippen molar-refractivity contribution < 1.29 is 38.0 Å². The predicted molar refractivity (Wildman–Crippen MR) is 166 cm³/mol. The highest BCUT2D eigenvalue weighted by Crippen LogP contribution is 2.24. The first kappa shape index (κ1) is 34.1. The van der Waals surface area contributed by atoms with Gasteiger partial charge in [-0.1, -0.05) is 67.6 Å². The normalized spacial score (nSPS) is 24.8. The van der Waals surface area contributed by atoms with E-state index in [0.717, 1.165) is 0 Å². The quantitative estimate of drug-likeness (QED) is 0.250. The van der Waals surface area contributed by atoms with Crippen LogP contribution in [0.25, 0.3) is 0 Å². The van der Waals surface area contributed by atoms with Crippen LogP contribution in [-0.2, 0) is 28.7 Å². The first-order valence-electron chi connectivity index (χ1n) is 15.4. The van der Waals surface area contributed by atoms with Gasteiger partial charge in [0.25, 0.3) is 5.91 Å². The molecule has 2 aliphatic heterocycles. The molecule has 2 aliphatic rings. The Kier molecular flexibility index (Phi) is 12.2. The minimum absolute atomic E-state index is 0.0188. The van der Waals surface area contributed by atoms with Gasteiger partial charge >= 0.3 is 5.97 Å². The van der Waals surface area contributed by atoms with E-state index < -0.39 is 47.9 Å². The average Bonchev–Trinajstić information content (AvgIpc) is 3.66. The van der Waals surface area contributed by atoms with Crippen molar-refractivity contribution in [3.63, 3.8) is 0 Å². The lowest BCUT2D eigenvalue weighted by atomic mass is 9.96. The fourth-order valence-corrected chi connectivity index (χ4v) is 5.23. The Labute approximate surface area is 267 Å². The van der Waals surface area contributed by atoms with Gasteiger partial charge in [-0.2, -0.15) is 0 Å². The smallest absolute Gasteiger partial charge is 0.330 e. The van der Waals surface area contributed by atoms with Gasteiger partial charge in [-0.05, 0) is 37.7 Å². The molecule has 0 aliphatic carbocycles. The number of aromatic nitrogens is 1. The third-order valence-corrected chi connectivity index (χ3v) is 7.67. The Bertz CT molecular complexity index is 1440. The number of rotatable bonds is 8. The SMILES string of the molecule is Cc1cc(C(=O)N[C@H](C(=O)N[C@@H]2C(=O)N[C@@H](C[C@@H]3CCNC3=O)/C=C/C(=O)OC/C=C/CCO[C@H]2c2ccccc2)C(C)C)no1. The third-order valence-electron chi connectivity index (χ3n) is 7.67. The number of nitrogens with one attached hydrogen (secondary N) is 4. The van der Waals surface area contributed by atoms with Crippen molar-refractivity contribution in [1.82, 2.24) is 26.4 Å². The Hall–Kier alpha value is -4.78. The van der Waals surface area contributed by atoms with Crippen molar-refractivity contribution in [3.8, 4) is 0 Å². The summed E-state index contributed by atoms with van der Waals surface area (Å²) in [6.07, 6.45) is 6.52. The molecule has 13 nitrogen and oxygen atoms in total. The predicted octanol–water partition coefficient (Wildman–Crippen LogP) is 2.05. The van der Waals surface area contributed by atoms with Crippen LogP contribution in [0.3, 0.4) is 0 Å². The van der Waals surface area contributed by atoms with Crippen molar-refractivity contribution in [2.75, 3.05) is 19.8 Å². The number of hydrogen-bond donors (Lipinski definition) is 4. The molecule has 5 atom stereocenters. The molecule has 2 aromatic rings. The number of hydrogen-bond acceptors (Lipinski definition) is 9. The zero-order valence-corrected chi connectivity index (χ0v) is 26.2. The summed E-state index contributed by atoms with van der Waals surface area (Å²) in [5.74, 6) is -2.88. The summed E-state index contributed by atoms with van der Waals surface area (Å²) in [5.41, 5.74) is 0.658. The van der Waals surface area contributed by atoms with Gasteiger partial charge in [0.2, 0.25) is 17.7 Å². The molecule has 0 unspecified atom stereocenters. The number of cyclic esters (lactones) is 1. The lowest BCUT2D eigenvalue weighted by Crippen LogP contribution is -2.58. The molecule has 1 aromatic carbocycles. The Morgan fingerprint density at radius 2 is 1.87 bits per heavy atom. The number of benzene rings is 1. The monoisotopic (exact) mass is 635 g/mol. The van der Waals surface area contributed by atoms with Crippen molar-refractivity contribution in [1.29, 1.82) is 0 Å². The van der Waals surface area contributed by atoms with Crippen LogP contribution < -0.4 is 21.3 Å². The van der Waals surface area contributed by atoms with E-state index in [-0.39, 0.29) is 43.1 Å². The number of esters is 1. The molecule has 0 saturated carbocycles. The standard InChI is InChI=1S/C33H41N5O8/c1-20(2)27(36-31(41)25-18-21(3)46-38-25)32(42)37-28-29(22-10-6-4-7-11-22)45-17-9-5-8-16-44-26(39)13-12-24(35-33(28)43)19-23-14-15-34-30(23)40/h4-8,10-13,18,20,23-24,27-29H,9,14-17,19H2,1-3H3,(H,34,40)(H,35,43)(H,36,41)(H,37,42)/b8-5+,13-12+/t23-,24+,27-,28-,29-/m0/s1. The molecule has 0 spiro atoms. The van der Waals surface area contributed by atoms with Crippen LogP contribution in [0.2, 0.25) is 0 Å². The van der Waals surface area contributed by atoms with Gasteiger partial charge in [-0.15, -0.1) is 0 Å². The topological polar surface area (TPSA) is 178 Å². The first-order chi connectivity index (χ1) is 22.1. The van der Waals surface area contributed by atoms with E-state index >= 15 is 0 Å². The molecule has 4 amide bonds. The van der Waals surface area contributed by atoms with E-state index in [0.29, 0.717) is 30.7 Å². The molecule has 3 heterocycles. The molecule has 246 valence electrons. The average molecular weight is 636 g/mol. The maximum absolute atomic E-state index is 14.2. The summed E-state index contributed by atoms with van der Waals surface area (Å²) < 4.78 is 16.5. The van der Waals surface area contributed by atoms with E-state index in [1.54, 1.807) is 57.2 Å². The Balaban J connectivity index is 1.67. The van der Waals surface area contributed by atoms with Gasteiger partial charge in [-0.3, -0.25) is 19.2 Å². The van der Waals surface area contributed by atoms with Gasteiger partial charge in [0.1, 0.15) is 30.6 Å². The number of ether oxygens (including phenoxy) is 2. The molecule has 1 saturated heterocycles. The molecule has 0 bridgehead atoms. The van der Waals surface area contributed by atoms with Crippen LogP contribution in [0.4, 0.5) is 0 Å². The van der Waals surface area contributed by atoms with Gasteiger partial charge < -0.3 is 35.3 Å².